The number of carboxylic acids is 1. The van der Waals surface area contributed by atoms with Crippen LogP contribution in [0.5, 0.6) is 0 Å². The molecule has 0 saturated heterocycles. The van der Waals surface area contributed by atoms with E-state index in [1.54, 1.807) is 6.92 Å². The van der Waals surface area contributed by atoms with Crippen LogP contribution in [0.2, 0.25) is 0 Å². The molecule has 0 aliphatic carbocycles. The lowest BCUT2D eigenvalue weighted by atomic mass is 10.1. The van der Waals surface area contributed by atoms with Crippen molar-refractivity contribution >= 4 is 5.97 Å². The van der Waals surface area contributed by atoms with Gasteiger partial charge in [0.25, 0.3) is 0 Å². The molecular weight excluding hydrogens is 261 g/mol. The number of hydrogen-bond acceptors (Lipinski definition) is 2. The molecule has 4 nitrogen and oxygen atoms in total. The fraction of sp³-hybridized carbons (Fsp3) is 0.167. The van der Waals surface area contributed by atoms with Gasteiger partial charge in [-0.1, -0.05) is 0 Å². The molecule has 100 valence electrons. The van der Waals surface area contributed by atoms with Crippen LogP contribution in [-0.2, 0) is 6.18 Å². The predicted octanol–water partition coefficient (Wildman–Crippen LogP) is 2.90. The molecule has 0 amide bonds. The van der Waals surface area contributed by atoms with E-state index in [0.717, 1.165) is 12.1 Å². The fourth-order valence-electron chi connectivity index (χ4n) is 1.73. The zero-order chi connectivity index (χ0) is 14.2. The minimum Gasteiger partial charge on any atom is -0.478 e. The van der Waals surface area contributed by atoms with Crippen molar-refractivity contribution in [3.8, 4) is 5.69 Å². The van der Waals surface area contributed by atoms with Gasteiger partial charge in [-0.2, -0.15) is 13.2 Å². The first-order chi connectivity index (χ1) is 8.80. The van der Waals surface area contributed by atoms with Crippen LogP contribution < -0.4 is 0 Å². The summed E-state index contributed by atoms with van der Waals surface area (Å²) >= 11 is 0. The Labute approximate surface area is 106 Å². The van der Waals surface area contributed by atoms with E-state index in [2.05, 4.69) is 4.98 Å². The van der Waals surface area contributed by atoms with Crippen molar-refractivity contribution < 1.29 is 23.1 Å². The monoisotopic (exact) mass is 270 g/mol. The fourth-order valence-corrected chi connectivity index (χ4v) is 1.73. The van der Waals surface area contributed by atoms with E-state index in [0.29, 0.717) is 11.9 Å². The highest BCUT2D eigenvalue weighted by Crippen LogP contribution is 2.31. The highest BCUT2D eigenvalue weighted by molar-refractivity contribution is 5.92. The van der Waals surface area contributed by atoms with Crippen molar-refractivity contribution in [2.24, 2.45) is 0 Å². The second-order valence-corrected chi connectivity index (χ2v) is 3.88. The summed E-state index contributed by atoms with van der Waals surface area (Å²) < 4.78 is 39.1. The molecule has 0 spiro atoms. The number of aryl methyl sites for hydroxylation is 1. The molecular formula is C12H9F3N2O2. The van der Waals surface area contributed by atoms with Gasteiger partial charge >= 0.3 is 12.1 Å². The van der Waals surface area contributed by atoms with E-state index in [1.165, 1.54) is 17.0 Å². The van der Waals surface area contributed by atoms with Crippen LogP contribution in [0.4, 0.5) is 13.2 Å². The summed E-state index contributed by atoms with van der Waals surface area (Å²) in [4.78, 5) is 15.0. The number of aromatic nitrogens is 2. The maximum Gasteiger partial charge on any atom is 0.416 e. The van der Waals surface area contributed by atoms with E-state index < -0.39 is 23.3 Å². The maximum atomic E-state index is 12.6. The Kier molecular flexibility index (Phi) is 3.05. The molecule has 0 fully saturated rings. The van der Waals surface area contributed by atoms with Crippen LogP contribution in [0.15, 0.2) is 30.6 Å². The number of rotatable bonds is 2. The van der Waals surface area contributed by atoms with Crippen LogP contribution in [0.1, 0.15) is 21.7 Å². The standard InChI is InChI=1S/C12H9F3N2O2/c1-7-16-4-5-17(7)10-3-2-8(12(13,14)15)6-9(10)11(18)19/h2-6H,1H3,(H,18,19). The van der Waals surface area contributed by atoms with Crippen LogP contribution >= 0.6 is 0 Å². The topological polar surface area (TPSA) is 55.1 Å². The molecule has 2 rings (SSSR count). The van der Waals surface area contributed by atoms with Crippen LogP contribution in [0.3, 0.4) is 0 Å². The number of benzene rings is 1. The third-order valence-corrected chi connectivity index (χ3v) is 2.64. The van der Waals surface area contributed by atoms with Gasteiger partial charge < -0.3 is 9.67 Å². The molecule has 7 heteroatoms. The predicted molar refractivity (Wildman–Crippen MR) is 60.3 cm³/mol. The Hall–Kier alpha value is -2.31. The lowest BCUT2D eigenvalue weighted by molar-refractivity contribution is -0.137. The number of imidazole rings is 1. The van der Waals surface area contributed by atoms with Crippen molar-refractivity contribution in [2.45, 2.75) is 13.1 Å². The van der Waals surface area contributed by atoms with Gasteiger partial charge in [-0.3, -0.25) is 0 Å². The number of alkyl halides is 3. The molecule has 0 bridgehead atoms. The normalized spacial score (nSPS) is 11.6. The average Bonchev–Trinajstić information content (AvgIpc) is 2.73. The van der Waals surface area contributed by atoms with E-state index in [9.17, 15) is 18.0 Å². The minimum atomic E-state index is -4.58. The van der Waals surface area contributed by atoms with E-state index in [4.69, 9.17) is 5.11 Å². The zero-order valence-electron chi connectivity index (χ0n) is 9.77. The van der Waals surface area contributed by atoms with Gasteiger partial charge in [-0.15, -0.1) is 0 Å². The van der Waals surface area contributed by atoms with Gasteiger partial charge in [-0.05, 0) is 25.1 Å². The molecule has 2 aromatic rings. The second kappa shape index (κ2) is 4.42. The first-order valence-corrected chi connectivity index (χ1v) is 5.25. The summed E-state index contributed by atoms with van der Waals surface area (Å²) in [6.45, 7) is 1.63. The summed E-state index contributed by atoms with van der Waals surface area (Å²) in [5, 5.41) is 9.04. The van der Waals surface area contributed by atoms with Crippen LogP contribution in [0, 0.1) is 6.92 Å². The summed E-state index contributed by atoms with van der Waals surface area (Å²) in [5.74, 6) is -0.934. The largest absolute Gasteiger partial charge is 0.478 e. The first kappa shape index (κ1) is 13.1. The third kappa shape index (κ3) is 2.44. The van der Waals surface area contributed by atoms with Crippen LogP contribution in [-0.4, -0.2) is 20.6 Å². The van der Waals surface area contributed by atoms with Gasteiger partial charge in [0.1, 0.15) is 5.82 Å². The Morgan fingerprint density at radius 3 is 2.53 bits per heavy atom. The molecule has 1 heterocycles. The van der Waals surface area contributed by atoms with Crippen LogP contribution in [0.25, 0.3) is 5.69 Å². The summed E-state index contributed by atoms with van der Waals surface area (Å²) in [5.41, 5.74) is -1.27. The van der Waals surface area contributed by atoms with Gasteiger partial charge in [0.2, 0.25) is 0 Å². The third-order valence-electron chi connectivity index (χ3n) is 2.64. The Balaban J connectivity index is 2.64. The Morgan fingerprint density at radius 1 is 1.37 bits per heavy atom. The number of nitrogens with zero attached hydrogens (tertiary/aromatic N) is 2. The number of hydrogen-bond donors (Lipinski definition) is 1. The highest BCUT2D eigenvalue weighted by atomic mass is 19.4. The molecule has 0 aliphatic rings. The van der Waals surface area contributed by atoms with Gasteiger partial charge in [0.05, 0.1) is 16.8 Å². The molecule has 0 unspecified atom stereocenters. The van der Waals surface area contributed by atoms with Crippen molar-refractivity contribution in [3.05, 3.63) is 47.5 Å². The Bertz CT molecular complexity index is 632. The summed E-state index contributed by atoms with van der Waals surface area (Å²) in [7, 11) is 0. The molecule has 1 aromatic carbocycles. The van der Waals surface area contributed by atoms with Crippen molar-refractivity contribution in [1.29, 1.82) is 0 Å². The lowest BCUT2D eigenvalue weighted by Crippen LogP contribution is -2.11. The number of carbonyl (C=O) groups is 1. The molecule has 1 aromatic heterocycles. The van der Waals surface area contributed by atoms with Crippen molar-refractivity contribution in [3.63, 3.8) is 0 Å². The second-order valence-electron chi connectivity index (χ2n) is 3.88. The first-order valence-electron chi connectivity index (χ1n) is 5.25. The summed E-state index contributed by atoms with van der Waals surface area (Å²) in [6.07, 6.45) is -1.64. The average molecular weight is 270 g/mol. The van der Waals surface area contributed by atoms with E-state index >= 15 is 0 Å². The molecule has 0 aliphatic heterocycles. The molecule has 19 heavy (non-hydrogen) atoms. The highest BCUT2D eigenvalue weighted by Gasteiger charge is 2.32. The molecule has 1 N–H and O–H groups in total. The molecule has 0 saturated carbocycles. The van der Waals surface area contributed by atoms with Gasteiger partial charge in [0.15, 0.2) is 0 Å². The smallest absolute Gasteiger partial charge is 0.416 e. The van der Waals surface area contributed by atoms with Crippen molar-refractivity contribution in [1.82, 2.24) is 9.55 Å². The van der Waals surface area contributed by atoms with Crippen molar-refractivity contribution in [2.75, 3.05) is 0 Å². The summed E-state index contributed by atoms with van der Waals surface area (Å²) in [6, 6.07) is 2.60. The number of aromatic carboxylic acids is 1. The minimum absolute atomic E-state index is 0.149. The molecule has 0 radical (unpaired) electrons. The number of carboxylic acid groups (broad SMARTS) is 1. The molecule has 0 atom stereocenters. The zero-order valence-corrected chi connectivity index (χ0v) is 9.77. The van der Waals surface area contributed by atoms with Gasteiger partial charge in [0, 0.05) is 12.4 Å². The SMILES string of the molecule is Cc1nccn1-c1ccc(C(F)(F)F)cc1C(=O)O. The quantitative estimate of drug-likeness (QED) is 0.912. The lowest BCUT2D eigenvalue weighted by Gasteiger charge is -2.12. The number of halogens is 3. The Morgan fingerprint density at radius 2 is 2.05 bits per heavy atom. The van der Waals surface area contributed by atoms with E-state index in [-0.39, 0.29) is 5.69 Å². The van der Waals surface area contributed by atoms with E-state index in [1.807, 2.05) is 0 Å². The maximum absolute atomic E-state index is 12.6. The van der Waals surface area contributed by atoms with Gasteiger partial charge in [-0.25, -0.2) is 9.78 Å².